The number of hydrogen-bond acceptors (Lipinski definition) is 5. The summed E-state index contributed by atoms with van der Waals surface area (Å²) >= 11 is 0. The fourth-order valence-corrected chi connectivity index (χ4v) is 2.39. The second-order valence-electron chi connectivity index (χ2n) is 4.90. The van der Waals surface area contributed by atoms with Crippen molar-refractivity contribution < 1.29 is 9.53 Å². The molecule has 1 saturated heterocycles. The molecule has 0 aromatic carbocycles. The van der Waals surface area contributed by atoms with E-state index in [0.29, 0.717) is 18.1 Å². The van der Waals surface area contributed by atoms with Crippen molar-refractivity contribution in [2.75, 3.05) is 13.1 Å². The fourth-order valence-electron chi connectivity index (χ4n) is 2.39. The van der Waals surface area contributed by atoms with Crippen LogP contribution in [0.25, 0.3) is 0 Å². The van der Waals surface area contributed by atoms with E-state index in [2.05, 4.69) is 15.0 Å². The number of ether oxygens (including phenoxy) is 1. The van der Waals surface area contributed by atoms with Crippen LogP contribution in [0.4, 0.5) is 0 Å². The molecule has 0 saturated carbocycles. The first-order chi connectivity index (χ1) is 10.3. The van der Waals surface area contributed by atoms with E-state index in [0.717, 1.165) is 19.4 Å². The quantitative estimate of drug-likeness (QED) is 0.855. The third-order valence-corrected chi connectivity index (χ3v) is 3.39. The highest BCUT2D eigenvalue weighted by atomic mass is 16.5. The minimum Gasteiger partial charge on any atom is -0.472 e. The van der Waals surface area contributed by atoms with Crippen molar-refractivity contribution in [2.24, 2.45) is 0 Å². The Hall–Kier alpha value is -2.50. The van der Waals surface area contributed by atoms with Crippen LogP contribution >= 0.6 is 0 Å². The van der Waals surface area contributed by atoms with Gasteiger partial charge in [-0.2, -0.15) is 0 Å². The molecule has 3 rings (SSSR count). The first-order valence-electron chi connectivity index (χ1n) is 6.96. The SMILES string of the molecule is O=C(c1ccccn1)N1CCC[C@H](Oc2ccncn2)C1. The largest absolute Gasteiger partial charge is 0.472 e. The van der Waals surface area contributed by atoms with Gasteiger partial charge in [0.1, 0.15) is 18.1 Å². The molecule has 0 unspecified atom stereocenters. The van der Waals surface area contributed by atoms with Gasteiger partial charge in [0.15, 0.2) is 0 Å². The van der Waals surface area contributed by atoms with E-state index < -0.39 is 0 Å². The summed E-state index contributed by atoms with van der Waals surface area (Å²) in [6, 6.07) is 7.07. The molecule has 0 aliphatic carbocycles. The number of aromatic nitrogens is 3. The molecular formula is C15H16N4O2. The topological polar surface area (TPSA) is 68.2 Å². The molecule has 1 fully saturated rings. The third kappa shape index (κ3) is 3.34. The highest BCUT2D eigenvalue weighted by molar-refractivity contribution is 5.92. The Balaban J connectivity index is 1.64. The number of pyridine rings is 1. The lowest BCUT2D eigenvalue weighted by Crippen LogP contribution is -2.44. The Morgan fingerprint density at radius 3 is 2.95 bits per heavy atom. The number of amides is 1. The van der Waals surface area contributed by atoms with Crippen LogP contribution in [-0.2, 0) is 0 Å². The molecule has 1 aliphatic heterocycles. The lowest BCUT2D eigenvalue weighted by molar-refractivity contribution is 0.0522. The van der Waals surface area contributed by atoms with Gasteiger partial charge in [-0.3, -0.25) is 9.78 Å². The predicted molar refractivity (Wildman–Crippen MR) is 75.8 cm³/mol. The molecule has 0 N–H and O–H groups in total. The molecule has 108 valence electrons. The van der Waals surface area contributed by atoms with E-state index in [-0.39, 0.29) is 12.0 Å². The van der Waals surface area contributed by atoms with Crippen molar-refractivity contribution in [3.63, 3.8) is 0 Å². The lowest BCUT2D eigenvalue weighted by Gasteiger charge is -2.32. The molecule has 6 heteroatoms. The normalized spacial score (nSPS) is 18.3. The van der Waals surface area contributed by atoms with Crippen LogP contribution in [0.5, 0.6) is 5.88 Å². The number of hydrogen-bond donors (Lipinski definition) is 0. The van der Waals surface area contributed by atoms with E-state index in [4.69, 9.17) is 4.74 Å². The lowest BCUT2D eigenvalue weighted by atomic mass is 10.1. The smallest absolute Gasteiger partial charge is 0.272 e. The Bertz CT molecular complexity index is 591. The summed E-state index contributed by atoms with van der Waals surface area (Å²) in [6.45, 7) is 1.29. The number of carbonyl (C=O) groups is 1. The zero-order chi connectivity index (χ0) is 14.5. The minimum atomic E-state index is -0.0495. The van der Waals surface area contributed by atoms with Gasteiger partial charge in [0.25, 0.3) is 5.91 Å². The zero-order valence-corrected chi connectivity index (χ0v) is 11.6. The minimum absolute atomic E-state index is 0.0405. The van der Waals surface area contributed by atoms with Gasteiger partial charge < -0.3 is 9.64 Å². The monoisotopic (exact) mass is 284 g/mol. The van der Waals surface area contributed by atoms with Gasteiger partial charge >= 0.3 is 0 Å². The second kappa shape index (κ2) is 6.30. The molecule has 0 radical (unpaired) electrons. The van der Waals surface area contributed by atoms with Gasteiger partial charge in [-0.15, -0.1) is 0 Å². The number of piperidine rings is 1. The summed E-state index contributed by atoms with van der Waals surface area (Å²) in [7, 11) is 0. The standard InChI is InChI=1S/C15H16N4O2/c20-15(13-5-1-2-7-17-13)19-9-3-4-12(10-19)21-14-6-8-16-11-18-14/h1-2,5-8,11-12H,3-4,9-10H2/t12-/m0/s1. The molecule has 2 aromatic rings. The molecule has 6 nitrogen and oxygen atoms in total. The summed E-state index contributed by atoms with van der Waals surface area (Å²) in [5.41, 5.74) is 0.472. The van der Waals surface area contributed by atoms with Crippen LogP contribution in [0.3, 0.4) is 0 Å². The molecule has 1 aliphatic rings. The van der Waals surface area contributed by atoms with Crippen LogP contribution < -0.4 is 4.74 Å². The molecule has 1 amide bonds. The molecule has 1 atom stereocenters. The Morgan fingerprint density at radius 2 is 2.19 bits per heavy atom. The van der Waals surface area contributed by atoms with Crippen molar-refractivity contribution >= 4 is 5.91 Å². The van der Waals surface area contributed by atoms with E-state index in [1.54, 1.807) is 35.5 Å². The average Bonchev–Trinajstić information content (AvgIpc) is 2.56. The van der Waals surface area contributed by atoms with Crippen molar-refractivity contribution in [3.05, 3.63) is 48.7 Å². The van der Waals surface area contributed by atoms with Crippen LogP contribution in [0, 0.1) is 0 Å². The number of nitrogens with zero attached hydrogens (tertiary/aromatic N) is 4. The van der Waals surface area contributed by atoms with Crippen LogP contribution in [-0.4, -0.2) is 45.0 Å². The number of likely N-dealkylation sites (tertiary alicyclic amines) is 1. The fraction of sp³-hybridized carbons (Fsp3) is 0.333. The third-order valence-electron chi connectivity index (χ3n) is 3.39. The molecule has 21 heavy (non-hydrogen) atoms. The van der Waals surface area contributed by atoms with Gasteiger partial charge in [-0.1, -0.05) is 6.07 Å². The van der Waals surface area contributed by atoms with E-state index in [9.17, 15) is 4.79 Å². The second-order valence-corrected chi connectivity index (χ2v) is 4.90. The van der Waals surface area contributed by atoms with Crippen LogP contribution in [0.1, 0.15) is 23.3 Å². The highest BCUT2D eigenvalue weighted by Gasteiger charge is 2.26. The molecule has 0 bridgehead atoms. The molecular weight excluding hydrogens is 268 g/mol. The van der Waals surface area contributed by atoms with E-state index >= 15 is 0 Å². The summed E-state index contributed by atoms with van der Waals surface area (Å²) in [6.07, 6.45) is 6.51. The maximum absolute atomic E-state index is 12.4. The van der Waals surface area contributed by atoms with Crippen molar-refractivity contribution in [2.45, 2.75) is 18.9 Å². The summed E-state index contributed by atoms with van der Waals surface area (Å²) in [4.78, 5) is 26.2. The van der Waals surface area contributed by atoms with Crippen molar-refractivity contribution in [1.29, 1.82) is 0 Å². The Kier molecular flexibility index (Phi) is 4.04. The molecule has 2 aromatic heterocycles. The highest BCUT2D eigenvalue weighted by Crippen LogP contribution is 2.17. The van der Waals surface area contributed by atoms with Crippen molar-refractivity contribution in [1.82, 2.24) is 19.9 Å². The Labute approximate surface area is 122 Å². The summed E-state index contributed by atoms with van der Waals surface area (Å²) in [5, 5.41) is 0. The van der Waals surface area contributed by atoms with Gasteiger partial charge in [-0.25, -0.2) is 9.97 Å². The summed E-state index contributed by atoms with van der Waals surface area (Å²) < 4.78 is 5.81. The first-order valence-corrected chi connectivity index (χ1v) is 6.96. The van der Waals surface area contributed by atoms with Crippen LogP contribution in [0.15, 0.2) is 43.0 Å². The maximum Gasteiger partial charge on any atom is 0.272 e. The van der Waals surface area contributed by atoms with Gasteiger partial charge in [-0.05, 0) is 25.0 Å². The average molecular weight is 284 g/mol. The predicted octanol–water partition coefficient (Wildman–Crippen LogP) is 1.56. The molecule has 0 spiro atoms. The number of rotatable bonds is 3. The van der Waals surface area contributed by atoms with E-state index in [1.165, 1.54) is 6.33 Å². The summed E-state index contributed by atoms with van der Waals surface area (Å²) in [5.74, 6) is 0.494. The van der Waals surface area contributed by atoms with Crippen LogP contribution in [0.2, 0.25) is 0 Å². The number of carbonyl (C=O) groups excluding carboxylic acids is 1. The zero-order valence-electron chi connectivity index (χ0n) is 11.6. The Morgan fingerprint density at radius 1 is 1.24 bits per heavy atom. The van der Waals surface area contributed by atoms with Gasteiger partial charge in [0.05, 0.1) is 6.54 Å². The van der Waals surface area contributed by atoms with Crippen molar-refractivity contribution in [3.8, 4) is 5.88 Å². The maximum atomic E-state index is 12.4. The van der Waals surface area contributed by atoms with Gasteiger partial charge in [0, 0.05) is 25.0 Å². The molecule has 3 heterocycles. The van der Waals surface area contributed by atoms with Gasteiger partial charge in [0.2, 0.25) is 5.88 Å². The van der Waals surface area contributed by atoms with E-state index in [1.807, 2.05) is 6.07 Å². The first kappa shape index (κ1) is 13.5.